The third kappa shape index (κ3) is 3.28. The van der Waals surface area contributed by atoms with Crippen molar-refractivity contribution in [1.29, 1.82) is 0 Å². The van der Waals surface area contributed by atoms with Crippen LogP contribution in [-0.2, 0) is 9.59 Å². The van der Waals surface area contributed by atoms with Crippen LogP contribution in [0.1, 0.15) is 22.3 Å². The normalized spacial score (nSPS) is 24.3. The highest BCUT2D eigenvalue weighted by atomic mass is 16.5. The van der Waals surface area contributed by atoms with E-state index < -0.39 is 0 Å². The molecule has 0 N–H and O–H groups in total. The fraction of sp³-hybridized carbons (Fsp3) is 0.226. The number of imide groups is 1. The first kappa shape index (κ1) is 21.6. The number of amides is 2. The topological polar surface area (TPSA) is 46.6 Å². The van der Waals surface area contributed by atoms with Crippen molar-refractivity contribution in [3.8, 4) is 5.75 Å². The number of anilines is 1. The summed E-state index contributed by atoms with van der Waals surface area (Å²) in [7, 11) is 1.58. The van der Waals surface area contributed by atoms with Crippen molar-refractivity contribution < 1.29 is 14.3 Å². The van der Waals surface area contributed by atoms with Gasteiger partial charge in [0.2, 0.25) is 11.8 Å². The summed E-state index contributed by atoms with van der Waals surface area (Å²) in [5.74, 6) is -0.522. The summed E-state index contributed by atoms with van der Waals surface area (Å²) in [6.07, 6.45) is 4.29. The van der Waals surface area contributed by atoms with E-state index in [0.717, 1.165) is 16.7 Å². The van der Waals surface area contributed by atoms with Crippen LogP contribution < -0.4 is 9.64 Å². The molecule has 3 aliphatic rings. The van der Waals surface area contributed by atoms with E-state index in [1.807, 2.05) is 12.1 Å². The Bertz CT molecular complexity index is 1320. The van der Waals surface area contributed by atoms with Crippen LogP contribution in [0.15, 0.2) is 90.5 Å². The van der Waals surface area contributed by atoms with Crippen LogP contribution in [0, 0.1) is 37.5 Å². The lowest BCUT2D eigenvalue weighted by Gasteiger charge is -2.22. The maximum atomic E-state index is 13.7. The molecule has 2 aliphatic carbocycles. The number of carbonyl (C=O) groups is 2. The summed E-state index contributed by atoms with van der Waals surface area (Å²) in [4.78, 5) is 28.8. The van der Waals surface area contributed by atoms with E-state index >= 15 is 0 Å². The number of ether oxygens (including phenoxy) is 1. The van der Waals surface area contributed by atoms with E-state index in [-0.39, 0.29) is 35.5 Å². The molecule has 3 aromatic carbocycles. The average Bonchev–Trinajstić information content (AvgIpc) is 3.50. The number of rotatable bonds is 4. The zero-order chi connectivity index (χ0) is 24.3. The summed E-state index contributed by atoms with van der Waals surface area (Å²) in [6.45, 7) is 4.16. The first-order valence-corrected chi connectivity index (χ1v) is 12.1. The Morgan fingerprint density at radius 2 is 1.26 bits per heavy atom. The van der Waals surface area contributed by atoms with Gasteiger partial charge >= 0.3 is 0 Å². The quantitative estimate of drug-likeness (QED) is 0.368. The Labute approximate surface area is 205 Å². The van der Waals surface area contributed by atoms with Crippen LogP contribution >= 0.6 is 0 Å². The molecule has 0 radical (unpaired) electrons. The molecule has 2 bridgehead atoms. The van der Waals surface area contributed by atoms with Crippen LogP contribution in [0.4, 0.5) is 5.69 Å². The summed E-state index contributed by atoms with van der Waals surface area (Å²) in [5.41, 5.74) is 7.57. The van der Waals surface area contributed by atoms with Gasteiger partial charge in [-0.1, -0.05) is 77.9 Å². The summed E-state index contributed by atoms with van der Waals surface area (Å²) >= 11 is 0. The second-order valence-corrected chi connectivity index (χ2v) is 9.76. The Morgan fingerprint density at radius 3 is 1.74 bits per heavy atom. The van der Waals surface area contributed by atoms with Crippen molar-refractivity contribution >= 4 is 23.1 Å². The molecule has 174 valence electrons. The van der Waals surface area contributed by atoms with Gasteiger partial charge in [0.05, 0.1) is 24.6 Å². The van der Waals surface area contributed by atoms with Crippen molar-refractivity contribution in [2.45, 2.75) is 13.8 Å². The van der Waals surface area contributed by atoms with Crippen LogP contribution in [0.2, 0.25) is 0 Å². The zero-order valence-electron chi connectivity index (χ0n) is 20.1. The van der Waals surface area contributed by atoms with Gasteiger partial charge < -0.3 is 4.74 Å². The minimum atomic E-state index is -0.371. The smallest absolute Gasteiger partial charge is 0.238 e. The lowest BCUT2D eigenvalue weighted by molar-refractivity contribution is -0.122. The molecule has 35 heavy (non-hydrogen) atoms. The zero-order valence-corrected chi connectivity index (χ0v) is 20.1. The molecule has 1 saturated heterocycles. The SMILES string of the molecule is COc1cccc(N2C(=O)[C@H]3[C@H](C2=O)[C@H]2C=C[C@H]3C2=C(c2ccc(C)cc2)c2ccc(C)cc2)c1. The third-order valence-electron chi connectivity index (χ3n) is 7.70. The molecular weight excluding hydrogens is 434 g/mol. The van der Waals surface area contributed by atoms with Gasteiger partial charge in [-0.05, 0) is 48.3 Å². The fourth-order valence-corrected chi connectivity index (χ4v) is 6.04. The van der Waals surface area contributed by atoms with Crippen LogP contribution in [0.3, 0.4) is 0 Å². The number of allylic oxidation sites excluding steroid dienone is 3. The van der Waals surface area contributed by atoms with Crippen LogP contribution in [-0.4, -0.2) is 18.9 Å². The van der Waals surface area contributed by atoms with Gasteiger partial charge in [-0.25, -0.2) is 4.90 Å². The molecule has 1 heterocycles. The maximum Gasteiger partial charge on any atom is 0.238 e. The Balaban J connectivity index is 1.47. The lowest BCUT2D eigenvalue weighted by Crippen LogP contribution is -2.33. The van der Waals surface area contributed by atoms with Crippen LogP contribution in [0.25, 0.3) is 5.57 Å². The minimum absolute atomic E-state index is 0.0883. The monoisotopic (exact) mass is 461 g/mol. The van der Waals surface area contributed by atoms with Crippen molar-refractivity contribution in [3.63, 3.8) is 0 Å². The molecule has 4 atom stereocenters. The van der Waals surface area contributed by atoms with Gasteiger partial charge in [0.1, 0.15) is 5.75 Å². The molecule has 1 aliphatic heterocycles. The molecule has 0 spiro atoms. The van der Waals surface area contributed by atoms with Gasteiger partial charge in [-0.2, -0.15) is 0 Å². The fourth-order valence-electron chi connectivity index (χ4n) is 6.04. The van der Waals surface area contributed by atoms with E-state index in [0.29, 0.717) is 11.4 Å². The maximum absolute atomic E-state index is 13.7. The predicted octanol–water partition coefficient (Wildman–Crippen LogP) is 5.74. The van der Waals surface area contributed by atoms with E-state index in [1.165, 1.54) is 21.6 Å². The number of benzene rings is 3. The minimum Gasteiger partial charge on any atom is -0.497 e. The lowest BCUT2D eigenvalue weighted by atomic mass is 9.85. The summed E-state index contributed by atoms with van der Waals surface area (Å²) < 4.78 is 5.33. The number of carbonyl (C=O) groups excluding carboxylic acids is 2. The van der Waals surface area contributed by atoms with Crippen molar-refractivity contribution in [2.24, 2.45) is 23.7 Å². The van der Waals surface area contributed by atoms with Gasteiger partial charge in [-0.15, -0.1) is 0 Å². The van der Waals surface area contributed by atoms with Gasteiger partial charge in [0.15, 0.2) is 0 Å². The van der Waals surface area contributed by atoms with Gasteiger partial charge in [-0.3, -0.25) is 9.59 Å². The molecule has 1 saturated carbocycles. The summed E-state index contributed by atoms with van der Waals surface area (Å²) in [5, 5.41) is 0. The largest absolute Gasteiger partial charge is 0.497 e. The van der Waals surface area contributed by atoms with Crippen molar-refractivity contribution in [3.05, 3.63) is 113 Å². The molecule has 2 amide bonds. The van der Waals surface area contributed by atoms with Crippen molar-refractivity contribution in [2.75, 3.05) is 12.0 Å². The first-order chi connectivity index (χ1) is 17.0. The van der Waals surface area contributed by atoms with Gasteiger partial charge in [0.25, 0.3) is 0 Å². The molecule has 2 fully saturated rings. The highest BCUT2D eigenvalue weighted by Gasteiger charge is 2.62. The number of aryl methyl sites for hydroxylation is 2. The molecule has 4 nitrogen and oxygen atoms in total. The molecule has 0 aromatic heterocycles. The van der Waals surface area contributed by atoms with E-state index in [2.05, 4.69) is 74.5 Å². The van der Waals surface area contributed by atoms with Crippen molar-refractivity contribution in [1.82, 2.24) is 0 Å². The second kappa shape index (κ2) is 8.09. The average molecular weight is 462 g/mol. The van der Waals surface area contributed by atoms with E-state index in [1.54, 1.807) is 19.2 Å². The van der Waals surface area contributed by atoms with Crippen LogP contribution in [0.5, 0.6) is 5.75 Å². The molecule has 0 unspecified atom stereocenters. The molecule has 6 rings (SSSR count). The summed E-state index contributed by atoms with van der Waals surface area (Å²) in [6, 6.07) is 24.3. The standard InChI is InChI=1S/C31H27NO3/c1-18-7-11-20(12-8-18)26(21-13-9-19(2)10-14-21)27-24-15-16-25(27)29-28(24)30(33)32(31(29)34)22-5-4-6-23(17-22)35-3/h4-17,24-25,28-29H,1-3H3/t24-,25-,28+,29+/m0/s1. The highest BCUT2D eigenvalue weighted by molar-refractivity contribution is 6.23. The van der Waals surface area contributed by atoms with Gasteiger partial charge in [0, 0.05) is 17.9 Å². The Kier molecular flexibility index (Phi) is 4.99. The second-order valence-electron chi connectivity index (χ2n) is 9.76. The number of nitrogens with zero attached hydrogens (tertiary/aromatic N) is 1. The van der Waals surface area contributed by atoms with E-state index in [4.69, 9.17) is 4.74 Å². The predicted molar refractivity (Wildman–Crippen MR) is 137 cm³/mol. The third-order valence-corrected chi connectivity index (χ3v) is 7.70. The molecule has 3 aromatic rings. The number of methoxy groups -OCH3 is 1. The Morgan fingerprint density at radius 1 is 0.743 bits per heavy atom. The number of hydrogen-bond acceptors (Lipinski definition) is 3. The molecule has 4 heteroatoms. The van der Waals surface area contributed by atoms with E-state index in [9.17, 15) is 9.59 Å². The molecular formula is C31H27NO3. The highest BCUT2D eigenvalue weighted by Crippen LogP contribution is 2.59. The first-order valence-electron chi connectivity index (χ1n) is 12.1. The Hall–Kier alpha value is -3.92. The number of hydrogen-bond donors (Lipinski definition) is 0. The number of fused-ring (bicyclic) bond motifs is 5.